The maximum absolute atomic E-state index is 10.8. The van der Waals surface area contributed by atoms with E-state index in [0.29, 0.717) is 12.4 Å². The van der Waals surface area contributed by atoms with Crippen LogP contribution >= 0.6 is 0 Å². The lowest BCUT2D eigenvalue weighted by atomic mass is 9.89. The highest BCUT2D eigenvalue weighted by Gasteiger charge is 2.32. The number of hydrogen-bond donors (Lipinski definition) is 2. The first-order chi connectivity index (χ1) is 9.09. The van der Waals surface area contributed by atoms with E-state index >= 15 is 0 Å². The number of nitrogens with one attached hydrogen (secondary N) is 1. The highest BCUT2D eigenvalue weighted by Crippen LogP contribution is 2.24. The molecular weight excluding hydrogens is 246 g/mol. The van der Waals surface area contributed by atoms with E-state index in [9.17, 15) is 4.79 Å². The van der Waals surface area contributed by atoms with Gasteiger partial charge in [-0.3, -0.25) is 0 Å². The van der Waals surface area contributed by atoms with Gasteiger partial charge in [0.15, 0.2) is 0 Å². The molecule has 19 heavy (non-hydrogen) atoms. The Morgan fingerprint density at radius 2 is 2.32 bits per heavy atom. The van der Waals surface area contributed by atoms with E-state index in [0.717, 1.165) is 26.3 Å². The molecule has 2 N–H and O–H groups in total. The van der Waals surface area contributed by atoms with Gasteiger partial charge in [0, 0.05) is 18.5 Å². The SMILES string of the molecule is CC1(CNCCOc2cccc(C(=O)O)c2)COC1. The van der Waals surface area contributed by atoms with E-state index in [2.05, 4.69) is 12.2 Å². The Morgan fingerprint density at radius 3 is 2.95 bits per heavy atom. The highest BCUT2D eigenvalue weighted by molar-refractivity contribution is 5.87. The van der Waals surface area contributed by atoms with Gasteiger partial charge in [-0.15, -0.1) is 0 Å². The number of carbonyl (C=O) groups is 1. The second-order valence-electron chi connectivity index (χ2n) is 5.16. The summed E-state index contributed by atoms with van der Waals surface area (Å²) < 4.78 is 10.7. The lowest BCUT2D eigenvalue weighted by molar-refractivity contribution is -0.0990. The van der Waals surface area contributed by atoms with Gasteiger partial charge in [0.25, 0.3) is 0 Å². The van der Waals surface area contributed by atoms with E-state index in [1.165, 1.54) is 6.07 Å². The van der Waals surface area contributed by atoms with Crippen LogP contribution in [0.1, 0.15) is 17.3 Å². The number of carboxylic acids is 1. The van der Waals surface area contributed by atoms with Crippen molar-refractivity contribution in [1.29, 1.82) is 0 Å². The maximum Gasteiger partial charge on any atom is 0.335 e. The molecule has 5 nitrogen and oxygen atoms in total. The normalized spacial score (nSPS) is 16.7. The van der Waals surface area contributed by atoms with E-state index in [-0.39, 0.29) is 11.0 Å². The molecule has 1 aromatic carbocycles. The molecule has 1 heterocycles. The highest BCUT2D eigenvalue weighted by atomic mass is 16.5. The smallest absolute Gasteiger partial charge is 0.335 e. The average Bonchev–Trinajstić information content (AvgIpc) is 2.36. The molecule has 0 spiro atoms. The van der Waals surface area contributed by atoms with E-state index in [4.69, 9.17) is 14.6 Å². The molecule has 0 bridgehead atoms. The first kappa shape index (κ1) is 13.8. The predicted molar refractivity (Wildman–Crippen MR) is 70.7 cm³/mol. The van der Waals surface area contributed by atoms with Crippen LogP contribution in [-0.4, -0.2) is 44.0 Å². The summed E-state index contributed by atoms with van der Waals surface area (Å²) in [5.74, 6) is -0.360. The van der Waals surface area contributed by atoms with Gasteiger partial charge < -0.3 is 19.9 Å². The Kier molecular flexibility index (Phi) is 4.39. The van der Waals surface area contributed by atoms with Crippen LogP contribution in [0.15, 0.2) is 24.3 Å². The molecule has 1 fully saturated rings. The summed E-state index contributed by atoms with van der Waals surface area (Å²) in [5.41, 5.74) is 0.494. The molecule has 0 amide bonds. The van der Waals surface area contributed by atoms with Crippen LogP contribution in [0.4, 0.5) is 0 Å². The molecular formula is C14H19NO4. The van der Waals surface area contributed by atoms with Crippen LogP contribution in [-0.2, 0) is 4.74 Å². The molecule has 1 aromatic rings. The fourth-order valence-electron chi connectivity index (χ4n) is 1.90. The van der Waals surface area contributed by atoms with Crippen LogP contribution in [0.3, 0.4) is 0 Å². The molecule has 104 valence electrons. The van der Waals surface area contributed by atoms with Crippen molar-refractivity contribution in [2.24, 2.45) is 5.41 Å². The Hall–Kier alpha value is -1.59. The first-order valence-corrected chi connectivity index (χ1v) is 6.34. The van der Waals surface area contributed by atoms with Gasteiger partial charge in [-0.05, 0) is 18.2 Å². The van der Waals surface area contributed by atoms with Crippen molar-refractivity contribution in [2.75, 3.05) is 32.9 Å². The van der Waals surface area contributed by atoms with Gasteiger partial charge in [-0.1, -0.05) is 13.0 Å². The monoisotopic (exact) mass is 265 g/mol. The molecule has 0 unspecified atom stereocenters. The zero-order valence-corrected chi connectivity index (χ0v) is 11.0. The number of aromatic carboxylic acids is 1. The summed E-state index contributed by atoms with van der Waals surface area (Å²) in [6.45, 7) is 5.95. The van der Waals surface area contributed by atoms with Crippen molar-refractivity contribution in [3.8, 4) is 5.75 Å². The third kappa shape index (κ3) is 3.94. The van der Waals surface area contributed by atoms with Crippen LogP contribution in [0.5, 0.6) is 5.75 Å². The standard InChI is InChI=1S/C14H19NO4/c1-14(9-18-10-14)8-15-5-6-19-12-4-2-3-11(7-12)13(16)17/h2-4,7,15H,5-6,8-10H2,1H3,(H,16,17). The molecule has 0 saturated carbocycles. The summed E-state index contributed by atoms with van der Waals surface area (Å²) in [4.78, 5) is 10.8. The number of carboxylic acid groups (broad SMARTS) is 1. The van der Waals surface area contributed by atoms with Crippen molar-refractivity contribution >= 4 is 5.97 Å². The van der Waals surface area contributed by atoms with Crippen LogP contribution < -0.4 is 10.1 Å². The second kappa shape index (κ2) is 6.04. The summed E-state index contributed by atoms with van der Waals surface area (Å²) in [6.07, 6.45) is 0. The van der Waals surface area contributed by atoms with Crippen molar-refractivity contribution in [2.45, 2.75) is 6.92 Å². The molecule has 0 atom stereocenters. The Labute approximate surface area is 112 Å². The predicted octanol–water partition coefficient (Wildman–Crippen LogP) is 1.39. The topological polar surface area (TPSA) is 67.8 Å². The maximum atomic E-state index is 10.8. The minimum Gasteiger partial charge on any atom is -0.492 e. The summed E-state index contributed by atoms with van der Waals surface area (Å²) in [6, 6.07) is 6.51. The molecule has 1 aliphatic heterocycles. The minimum atomic E-state index is -0.943. The molecule has 0 radical (unpaired) electrons. The molecule has 1 aliphatic rings. The van der Waals surface area contributed by atoms with Crippen molar-refractivity contribution in [3.05, 3.63) is 29.8 Å². The lowest BCUT2D eigenvalue weighted by Crippen LogP contribution is -2.47. The number of rotatable bonds is 7. The van der Waals surface area contributed by atoms with Crippen LogP contribution in [0, 0.1) is 5.41 Å². The van der Waals surface area contributed by atoms with Crippen LogP contribution in [0.25, 0.3) is 0 Å². The molecule has 1 saturated heterocycles. The quantitative estimate of drug-likeness (QED) is 0.729. The molecule has 5 heteroatoms. The molecule has 0 aromatic heterocycles. The number of benzene rings is 1. The zero-order valence-electron chi connectivity index (χ0n) is 11.0. The molecule has 0 aliphatic carbocycles. The van der Waals surface area contributed by atoms with Gasteiger partial charge in [-0.2, -0.15) is 0 Å². The third-order valence-electron chi connectivity index (χ3n) is 3.08. The number of hydrogen-bond acceptors (Lipinski definition) is 4. The summed E-state index contributed by atoms with van der Waals surface area (Å²) in [5, 5.41) is 12.2. The largest absolute Gasteiger partial charge is 0.492 e. The Bertz CT molecular complexity index is 443. The minimum absolute atomic E-state index is 0.240. The lowest BCUT2D eigenvalue weighted by Gasteiger charge is -2.38. The third-order valence-corrected chi connectivity index (χ3v) is 3.08. The van der Waals surface area contributed by atoms with E-state index in [1.807, 2.05) is 0 Å². The van der Waals surface area contributed by atoms with Gasteiger partial charge in [0.1, 0.15) is 12.4 Å². The Morgan fingerprint density at radius 1 is 1.53 bits per heavy atom. The van der Waals surface area contributed by atoms with Crippen molar-refractivity contribution < 1.29 is 19.4 Å². The first-order valence-electron chi connectivity index (χ1n) is 6.34. The zero-order chi connectivity index (χ0) is 13.7. The Balaban J connectivity index is 1.67. The fourth-order valence-corrected chi connectivity index (χ4v) is 1.90. The molecule has 2 rings (SSSR count). The van der Waals surface area contributed by atoms with Crippen molar-refractivity contribution in [3.63, 3.8) is 0 Å². The van der Waals surface area contributed by atoms with Crippen LogP contribution in [0.2, 0.25) is 0 Å². The fraction of sp³-hybridized carbons (Fsp3) is 0.500. The van der Waals surface area contributed by atoms with Gasteiger partial charge in [0.2, 0.25) is 0 Å². The van der Waals surface area contributed by atoms with Gasteiger partial charge in [-0.25, -0.2) is 4.79 Å². The second-order valence-corrected chi connectivity index (χ2v) is 5.16. The number of ether oxygens (including phenoxy) is 2. The van der Waals surface area contributed by atoms with E-state index < -0.39 is 5.97 Å². The van der Waals surface area contributed by atoms with Gasteiger partial charge >= 0.3 is 5.97 Å². The summed E-state index contributed by atoms with van der Waals surface area (Å²) >= 11 is 0. The summed E-state index contributed by atoms with van der Waals surface area (Å²) in [7, 11) is 0. The van der Waals surface area contributed by atoms with E-state index in [1.54, 1.807) is 18.2 Å². The van der Waals surface area contributed by atoms with Crippen molar-refractivity contribution in [1.82, 2.24) is 5.32 Å². The van der Waals surface area contributed by atoms with Gasteiger partial charge in [0.05, 0.1) is 18.8 Å². The average molecular weight is 265 g/mol.